The van der Waals surface area contributed by atoms with Crippen LogP contribution in [0, 0.1) is 55.5 Å². The lowest BCUT2D eigenvalue weighted by Gasteiger charge is -2.37. The Kier molecular flexibility index (Phi) is 11.0. The van der Waals surface area contributed by atoms with Crippen molar-refractivity contribution in [2.24, 2.45) is 11.8 Å². The molecule has 1 fully saturated rings. The van der Waals surface area contributed by atoms with Crippen molar-refractivity contribution in [3.05, 3.63) is 91.6 Å². The summed E-state index contributed by atoms with van der Waals surface area (Å²) in [6.07, 6.45) is 0.561. The van der Waals surface area contributed by atoms with Crippen LogP contribution in [0.5, 0.6) is 0 Å². The Balaban J connectivity index is 1.85. The normalized spacial score (nSPS) is 15.1. The minimum atomic E-state index is -4.85. The van der Waals surface area contributed by atoms with Crippen LogP contribution in [0.1, 0.15) is 72.2 Å². The van der Waals surface area contributed by atoms with Crippen molar-refractivity contribution in [1.29, 1.82) is 0 Å². The van der Waals surface area contributed by atoms with E-state index >= 15 is 8.78 Å². The summed E-state index contributed by atoms with van der Waals surface area (Å²) >= 11 is 0. The van der Waals surface area contributed by atoms with Gasteiger partial charge in [-0.2, -0.15) is 13.2 Å². The number of carboxylic acid groups (broad SMARTS) is 1. The summed E-state index contributed by atoms with van der Waals surface area (Å²) in [5.74, 6) is -4.08. The van der Waals surface area contributed by atoms with E-state index in [4.69, 9.17) is 6.42 Å². The van der Waals surface area contributed by atoms with Crippen molar-refractivity contribution in [3.8, 4) is 23.5 Å². The molecule has 2 aromatic carbocycles. The summed E-state index contributed by atoms with van der Waals surface area (Å²) in [6, 6.07) is 0.382. The molecule has 0 aliphatic carbocycles. The third-order valence-corrected chi connectivity index (χ3v) is 8.65. The van der Waals surface area contributed by atoms with Gasteiger partial charge in [-0.15, -0.1) is 6.42 Å². The number of nitrogens with zero attached hydrogens (tertiary/aromatic N) is 2. The molecule has 1 saturated heterocycles. The number of amides is 1. The highest BCUT2D eigenvalue weighted by Gasteiger charge is 2.38. The van der Waals surface area contributed by atoms with E-state index in [1.165, 1.54) is 13.8 Å². The van der Waals surface area contributed by atoms with E-state index in [0.29, 0.717) is 19.2 Å². The molecule has 1 aliphatic heterocycles. The molecule has 2 unspecified atom stereocenters. The molecule has 0 spiro atoms. The number of alkyl halides is 3. The van der Waals surface area contributed by atoms with Gasteiger partial charge in [-0.1, -0.05) is 19.8 Å². The summed E-state index contributed by atoms with van der Waals surface area (Å²) in [4.78, 5) is 41.1. The number of carbonyl (C=O) groups is 2. The van der Waals surface area contributed by atoms with E-state index in [-0.39, 0.29) is 52.5 Å². The molecule has 0 radical (unpaired) electrons. The number of pyridine rings is 1. The molecule has 4 rings (SSSR count). The Morgan fingerprint density at radius 3 is 2.18 bits per heavy atom. The maximum atomic E-state index is 16.4. The zero-order valence-electron chi connectivity index (χ0n) is 27.6. The number of nitrogens with one attached hydrogen (secondary N) is 1. The summed E-state index contributed by atoms with van der Waals surface area (Å²) in [5, 5.41) is 12.1. The average Bonchev–Trinajstić information content (AvgIpc) is 2.95. The Labute approximate surface area is 279 Å². The highest BCUT2D eigenvalue weighted by Crippen LogP contribution is 2.38. The Morgan fingerprint density at radius 1 is 1.06 bits per heavy atom. The zero-order valence-corrected chi connectivity index (χ0v) is 27.6. The first-order valence-electron chi connectivity index (χ1n) is 15.6. The summed E-state index contributed by atoms with van der Waals surface area (Å²) in [6.45, 7) is 7.46. The number of hydrogen-bond acceptors (Lipinski definition) is 4. The fourth-order valence-electron chi connectivity index (χ4n) is 6.58. The van der Waals surface area contributed by atoms with Crippen LogP contribution in [-0.2, 0) is 22.2 Å². The van der Waals surface area contributed by atoms with E-state index in [1.54, 1.807) is 13.8 Å². The molecule has 262 valence electrons. The topological polar surface area (TPSA) is 91.6 Å². The second-order valence-electron chi connectivity index (χ2n) is 13.1. The van der Waals surface area contributed by atoms with Gasteiger partial charge in [0.05, 0.1) is 23.6 Å². The van der Waals surface area contributed by atoms with Crippen molar-refractivity contribution in [1.82, 2.24) is 14.8 Å². The van der Waals surface area contributed by atoms with Crippen LogP contribution < -0.4 is 10.9 Å². The third kappa shape index (κ3) is 8.19. The third-order valence-electron chi connectivity index (χ3n) is 8.65. The Bertz CT molecular complexity index is 1850. The van der Waals surface area contributed by atoms with Gasteiger partial charge in [0, 0.05) is 36.5 Å². The van der Waals surface area contributed by atoms with Gasteiger partial charge in [0.1, 0.15) is 23.5 Å². The predicted octanol–water partition coefficient (Wildman–Crippen LogP) is 6.57. The molecule has 0 saturated carbocycles. The molecular weight excluding hydrogens is 652 g/mol. The van der Waals surface area contributed by atoms with Crippen LogP contribution in [0.15, 0.2) is 35.3 Å². The van der Waals surface area contributed by atoms with E-state index in [9.17, 15) is 37.1 Å². The van der Waals surface area contributed by atoms with E-state index in [2.05, 4.69) is 11.2 Å². The van der Waals surface area contributed by atoms with Crippen LogP contribution >= 0.6 is 0 Å². The fourth-order valence-corrected chi connectivity index (χ4v) is 6.58. The number of hydrogen-bond donors (Lipinski definition) is 2. The highest BCUT2D eigenvalue weighted by atomic mass is 19.4. The molecule has 2 heterocycles. The SMILES string of the molecule is C#Cc1cc(-c2c(C)cc(F)cc2C)c(F)c(C(CC(=O)O)NC(=O)C(CC(C)C)n2cc(CC3CN(C)C3)c(C(F)(F)F)cc2=O)c1F. The second kappa shape index (κ2) is 14.5. The first-order chi connectivity index (χ1) is 22.8. The number of aliphatic carboxylic acids is 1. The van der Waals surface area contributed by atoms with Gasteiger partial charge < -0.3 is 19.9 Å². The smallest absolute Gasteiger partial charge is 0.416 e. The molecule has 2 N–H and O–H groups in total. The second-order valence-corrected chi connectivity index (χ2v) is 13.1. The lowest BCUT2D eigenvalue weighted by atomic mass is 9.89. The molecule has 3 aromatic rings. The van der Waals surface area contributed by atoms with Crippen LogP contribution in [0.4, 0.5) is 26.3 Å². The van der Waals surface area contributed by atoms with E-state index < -0.39 is 76.3 Å². The first-order valence-corrected chi connectivity index (χ1v) is 15.6. The number of aryl methyl sites for hydroxylation is 2. The van der Waals surface area contributed by atoms with Gasteiger partial charge >= 0.3 is 12.1 Å². The molecule has 13 heteroatoms. The lowest BCUT2D eigenvalue weighted by molar-refractivity contribution is -0.139. The van der Waals surface area contributed by atoms with Crippen molar-refractivity contribution >= 4 is 11.9 Å². The van der Waals surface area contributed by atoms with Gasteiger partial charge in [-0.25, -0.2) is 13.2 Å². The minimum absolute atomic E-state index is 0.0164. The standard InChI is InChI=1S/C36H37F6N3O4/c1-7-22-12-25(31-19(4)9-24(37)10-20(31)5)34(39)32(33(22)38)27(14-30(47)48)43-35(49)28(8-18(2)3)45-17-23(11-21-15-44(6)16-21)26(13-29(45)46)36(40,41)42/h1,9-10,12-13,17-18,21,27-28H,8,11,14-16H2,2-6H3,(H,43,49)(H,47,48). The first kappa shape index (κ1) is 37.3. The van der Waals surface area contributed by atoms with Crippen LogP contribution in [0.2, 0.25) is 0 Å². The lowest BCUT2D eigenvalue weighted by Crippen LogP contribution is -2.45. The highest BCUT2D eigenvalue weighted by molar-refractivity contribution is 5.82. The number of rotatable bonds is 11. The summed E-state index contributed by atoms with van der Waals surface area (Å²) < 4.78 is 89.3. The Morgan fingerprint density at radius 2 is 1.67 bits per heavy atom. The van der Waals surface area contributed by atoms with Crippen LogP contribution in [0.3, 0.4) is 0 Å². The molecule has 7 nitrogen and oxygen atoms in total. The van der Waals surface area contributed by atoms with Crippen molar-refractivity contribution in [3.63, 3.8) is 0 Å². The summed E-state index contributed by atoms with van der Waals surface area (Å²) in [7, 11) is 1.81. The maximum absolute atomic E-state index is 16.4. The molecule has 2 atom stereocenters. The monoisotopic (exact) mass is 689 g/mol. The molecule has 1 amide bonds. The number of halogens is 6. The zero-order chi connectivity index (χ0) is 36.5. The van der Waals surface area contributed by atoms with Crippen molar-refractivity contribution in [2.45, 2.75) is 65.2 Å². The largest absolute Gasteiger partial charge is 0.481 e. The van der Waals surface area contributed by atoms with Crippen molar-refractivity contribution < 1.29 is 41.0 Å². The van der Waals surface area contributed by atoms with Gasteiger partial charge in [0.2, 0.25) is 5.91 Å². The number of benzene rings is 2. The van der Waals surface area contributed by atoms with Gasteiger partial charge in [0.25, 0.3) is 5.56 Å². The average molecular weight is 690 g/mol. The Hall–Kier alpha value is -4.57. The van der Waals surface area contributed by atoms with Crippen LogP contribution in [-0.4, -0.2) is 46.6 Å². The minimum Gasteiger partial charge on any atom is -0.481 e. The molecule has 0 bridgehead atoms. The quantitative estimate of drug-likeness (QED) is 0.176. The number of terminal acetylenes is 1. The van der Waals surface area contributed by atoms with E-state index in [0.717, 1.165) is 29.0 Å². The number of carboxylic acids is 1. The van der Waals surface area contributed by atoms with E-state index in [1.807, 2.05) is 11.9 Å². The maximum Gasteiger partial charge on any atom is 0.416 e. The number of carbonyl (C=O) groups excluding carboxylic acids is 1. The van der Waals surface area contributed by atoms with Crippen LogP contribution in [0.25, 0.3) is 11.1 Å². The molecule has 1 aromatic heterocycles. The fraction of sp³-hybridized carbons (Fsp3) is 0.417. The molecule has 1 aliphatic rings. The van der Waals surface area contributed by atoms with Gasteiger partial charge in [-0.3, -0.25) is 14.4 Å². The predicted molar refractivity (Wildman–Crippen MR) is 171 cm³/mol. The number of aromatic nitrogens is 1. The summed E-state index contributed by atoms with van der Waals surface area (Å²) in [5.41, 5.74) is -3.30. The van der Waals surface area contributed by atoms with Gasteiger partial charge in [-0.05, 0) is 86.0 Å². The number of likely N-dealkylation sites (tertiary alicyclic amines) is 1. The van der Waals surface area contributed by atoms with Gasteiger partial charge in [0.15, 0.2) is 0 Å². The molecule has 49 heavy (non-hydrogen) atoms. The molecular formula is C36H37F6N3O4. The van der Waals surface area contributed by atoms with Crippen molar-refractivity contribution in [2.75, 3.05) is 20.1 Å².